The van der Waals surface area contributed by atoms with Gasteiger partial charge in [0.05, 0.1) is 5.56 Å². The quantitative estimate of drug-likeness (QED) is 0.737. The third-order valence-electron chi connectivity index (χ3n) is 2.73. The van der Waals surface area contributed by atoms with Gasteiger partial charge in [-0.1, -0.05) is 17.7 Å². The van der Waals surface area contributed by atoms with Crippen LogP contribution in [0.15, 0.2) is 36.4 Å². The van der Waals surface area contributed by atoms with E-state index in [1.54, 1.807) is 31.2 Å². The van der Waals surface area contributed by atoms with Crippen molar-refractivity contribution in [3.05, 3.63) is 52.5 Å². The molecule has 0 aliphatic carbocycles. The molecule has 0 atom stereocenters. The van der Waals surface area contributed by atoms with Crippen LogP contribution in [-0.2, 0) is 0 Å². The number of rotatable bonds is 2. The molecule has 0 saturated carbocycles. The summed E-state index contributed by atoms with van der Waals surface area (Å²) in [6.45, 7) is 1.77. The molecule has 4 nitrogen and oxygen atoms in total. The summed E-state index contributed by atoms with van der Waals surface area (Å²) >= 11 is 5.83. The number of amides is 1. The molecule has 0 bridgehead atoms. The van der Waals surface area contributed by atoms with Crippen LogP contribution in [0.2, 0.25) is 5.02 Å². The first-order chi connectivity index (χ1) is 8.97. The van der Waals surface area contributed by atoms with Crippen molar-refractivity contribution in [1.82, 2.24) is 0 Å². The van der Waals surface area contributed by atoms with E-state index in [4.69, 9.17) is 17.3 Å². The first kappa shape index (κ1) is 13.2. The van der Waals surface area contributed by atoms with E-state index in [-0.39, 0.29) is 11.7 Å². The number of phenols is 1. The Morgan fingerprint density at radius 3 is 2.68 bits per heavy atom. The third-order valence-corrected chi connectivity index (χ3v) is 2.96. The second-order valence-corrected chi connectivity index (χ2v) is 4.62. The summed E-state index contributed by atoms with van der Waals surface area (Å²) in [6, 6.07) is 9.59. The van der Waals surface area contributed by atoms with E-state index < -0.39 is 0 Å². The van der Waals surface area contributed by atoms with Gasteiger partial charge in [-0.25, -0.2) is 0 Å². The van der Waals surface area contributed by atoms with Gasteiger partial charge in [0.15, 0.2) is 0 Å². The van der Waals surface area contributed by atoms with Gasteiger partial charge in [0.25, 0.3) is 5.91 Å². The molecule has 0 aromatic heterocycles. The van der Waals surface area contributed by atoms with Crippen molar-refractivity contribution in [3.8, 4) is 5.75 Å². The lowest BCUT2D eigenvalue weighted by atomic mass is 10.1. The Morgan fingerprint density at radius 2 is 2.00 bits per heavy atom. The number of carbonyl (C=O) groups excluding carboxylic acids is 1. The SMILES string of the molecule is Cc1ccc(NC(=O)c2cc(Cl)ccc2N)cc1O. The minimum Gasteiger partial charge on any atom is -0.508 e. The third kappa shape index (κ3) is 2.98. The number of phenolic OH excluding ortho intramolecular Hbond substituents is 1. The fourth-order valence-corrected chi connectivity index (χ4v) is 1.78. The fraction of sp³-hybridized carbons (Fsp3) is 0.0714. The Morgan fingerprint density at radius 1 is 1.26 bits per heavy atom. The molecule has 0 spiro atoms. The summed E-state index contributed by atoms with van der Waals surface area (Å²) in [4.78, 5) is 12.1. The number of benzene rings is 2. The summed E-state index contributed by atoms with van der Waals surface area (Å²) < 4.78 is 0. The van der Waals surface area contributed by atoms with E-state index in [0.29, 0.717) is 22.0 Å². The summed E-state index contributed by atoms with van der Waals surface area (Å²) in [7, 11) is 0. The number of nitrogens with two attached hydrogens (primary N) is 1. The second-order valence-electron chi connectivity index (χ2n) is 4.19. The van der Waals surface area contributed by atoms with E-state index in [9.17, 15) is 9.90 Å². The number of aromatic hydroxyl groups is 1. The lowest BCUT2D eigenvalue weighted by Gasteiger charge is -2.09. The molecule has 0 radical (unpaired) electrons. The van der Waals surface area contributed by atoms with Crippen LogP contribution in [0.5, 0.6) is 5.75 Å². The van der Waals surface area contributed by atoms with E-state index in [2.05, 4.69) is 5.32 Å². The van der Waals surface area contributed by atoms with E-state index in [1.165, 1.54) is 12.1 Å². The minimum absolute atomic E-state index is 0.122. The predicted molar refractivity (Wildman–Crippen MR) is 76.7 cm³/mol. The van der Waals surface area contributed by atoms with Crippen LogP contribution in [0.3, 0.4) is 0 Å². The molecule has 0 aliphatic heterocycles. The van der Waals surface area contributed by atoms with Crippen molar-refractivity contribution in [2.24, 2.45) is 0 Å². The highest BCUT2D eigenvalue weighted by molar-refractivity contribution is 6.31. The van der Waals surface area contributed by atoms with Crippen molar-refractivity contribution in [2.45, 2.75) is 6.92 Å². The molecule has 1 amide bonds. The lowest BCUT2D eigenvalue weighted by molar-refractivity contribution is 0.102. The van der Waals surface area contributed by atoms with Gasteiger partial charge in [-0.2, -0.15) is 0 Å². The molecule has 5 heteroatoms. The fourth-order valence-electron chi connectivity index (χ4n) is 1.61. The average Bonchev–Trinajstić information content (AvgIpc) is 2.36. The molecule has 2 rings (SSSR count). The summed E-state index contributed by atoms with van der Waals surface area (Å²) in [6.07, 6.45) is 0. The zero-order chi connectivity index (χ0) is 14.0. The maximum Gasteiger partial charge on any atom is 0.257 e. The number of halogens is 1. The number of anilines is 2. The number of hydrogen-bond acceptors (Lipinski definition) is 3. The van der Waals surface area contributed by atoms with Crippen molar-refractivity contribution < 1.29 is 9.90 Å². The molecule has 0 aliphatic rings. The number of carbonyl (C=O) groups is 1. The van der Waals surface area contributed by atoms with Gasteiger partial charge in [0, 0.05) is 22.5 Å². The Bertz CT molecular complexity index is 641. The van der Waals surface area contributed by atoms with Crippen LogP contribution < -0.4 is 11.1 Å². The molecule has 0 unspecified atom stereocenters. The number of nitrogens with one attached hydrogen (secondary N) is 1. The molecular weight excluding hydrogens is 264 g/mol. The zero-order valence-electron chi connectivity index (χ0n) is 10.3. The van der Waals surface area contributed by atoms with Gasteiger partial charge in [0.2, 0.25) is 0 Å². The number of aryl methyl sites for hydroxylation is 1. The second kappa shape index (κ2) is 5.20. The smallest absolute Gasteiger partial charge is 0.257 e. The van der Waals surface area contributed by atoms with Crippen LogP contribution in [0.1, 0.15) is 15.9 Å². The Balaban J connectivity index is 2.25. The van der Waals surface area contributed by atoms with Gasteiger partial charge >= 0.3 is 0 Å². The molecule has 19 heavy (non-hydrogen) atoms. The van der Waals surface area contributed by atoms with E-state index in [1.807, 2.05) is 0 Å². The largest absolute Gasteiger partial charge is 0.508 e. The minimum atomic E-state index is -0.372. The van der Waals surface area contributed by atoms with Crippen molar-refractivity contribution >= 4 is 28.9 Å². The van der Waals surface area contributed by atoms with Crippen LogP contribution in [0.25, 0.3) is 0 Å². The highest BCUT2D eigenvalue weighted by atomic mass is 35.5. The zero-order valence-corrected chi connectivity index (χ0v) is 11.0. The van der Waals surface area contributed by atoms with Gasteiger partial charge in [0.1, 0.15) is 5.75 Å². The Kier molecular flexibility index (Phi) is 3.62. The van der Waals surface area contributed by atoms with Crippen molar-refractivity contribution in [1.29, 1.82) is 0 Å². The first-order valence-corrected chi connectivity index (χ1v) is 6.01. The van der Waals surface area contributed by atoms with Crippen LogP contribution in [0, 0.1) is 6.92 Å². The molecule has 4 N–H and O–H groups in total. The maximum atomic E-state index is 12.1. The van der Waals surface area contributed by atoms with Crippen molar-refractivity contribution in [2.75, 3.05) is 11.1 Å². The molecule has 0 heterocycles. The summed E-state index contributed by atoms with van der Waals surface area (Å²) in [5.41, 5.74) is 7.60. The Hall–Kier alpha value is -2.20. The standard InChI is InChI=1S/C14H13ClN2O2/c1-8-2-4-10(7-13(8)18)17-14(19)11-6-9(15)3-5-12(11)16/h2-7,18H,16H2,1H3,(H,17,19). The monoisotopic (exact) mass is 276 g/mol. The number of hydrogen-bond donors (Lipinski definition) is 3. The molecule has 2 aromatic carbocycles. The van der Waals surface area contributed by atoms with Gasteiger partial charge < -0.3 is 16.2 Å². The van der Waals surface area contributed by atoms with Crippen LogP contribution >= 0.6 is 11.6 Å². The highest BCUT2D eigenvalue weighted by Crippen LogP contribution is 2.23. The average molecular weight is 277 g/mol. The molecule has 2 aromatic rings. The lowest BCUT2D eigenvalue weighted by Crippen LogP contribution is -2.14. The first-order valence-electron chi connectivity index (χ1n) is 5.63. The van der Waals surface area contributed by atoms with E-state index >= 15 is 0 Å². The molecule has 0 saturated heterocycles. The molecule has 0 fully saturated rings. The highest BCUT2D eigenvalue weighted by Gasteiger charge is 2.11. The van der Waals surface area contributed by atoms with E-state index in [0.717, 1.165) is 5.56 Å². The van der Waals surface area contributed by atoms with Crippen LogP contribution in [0.4, 0.5) is 11.4 Å². The number of nitrogen functional groups attached to an aromatic ring is 1. The topological polar surface area (TPSA) is 75.4 Å². The van der Waals surface area contributed by atoms with Gasteiger partial charge in [-0.15, -0.1) is 0 Å². The normalized spacial score (nSPS) is 10.2. The molecular formula is C14H13ClN2O2. The van der Waals surface area contributed by atoms with Crippen molar-refractivity contribution in [3.63, 3.8) is 0 Å². The van der Waals surface area contributed by atoms with Crippen LogP contribution in [-0.4, -0.2) is 11.0 Å². The molecule has 98 valence electrons. The van der Waals surface area contributed by atoms with Gasteiger partial charge in [-0.3, -0.25) is 4.79 Å². The van der Waals surface area contributed by atoms with Gasteiger partial charge in [-0.05, 0) is 36.8 Å². The Labute approximate surface area is 115 Å². The predicted octanol–water partition coefficient (Wildman–Crippen LogP) is 3.19. The summed E-state index contributed by atoms with van der Waals surface area (Å²) in [5.74, 6) is -0.250. The maximum absolute atomic E-state index is 12.1. The summed E-state index contributed by atoms with van der Waals surface area (Å²) in [5, 5.41) is 12.7.